The fraction of sp³-hybridized carbons (Fsp3) is 0.455. The highest BCUT2D eigenvalue weighted by atomic mass is 127. The van der Waals surface area contributed by atoms with E-state index in [0.29, 0.717) is 6.04 Å². The van der Waals surface area contributed by atoms with Gasteiger partial charge in [0, 0.05) is 16.2 Å². The van der Waals surface area contributed by atoms with Crippen LogP contribution in [0.3, 0.4) is 0 Å². The molecule has 1 fully saturated rings. The summed E-state index contributed by atoms with van der Waals surface area (Å²) in [6.45, 7) is 4.66. The Labute approximate surface area is 104 Å². The molecule has 82 valence electrons. The molecule has 1 heterocycles. The molecule has 1 aromatic rings. The Bertz CT molecular complexity index is 356. The predicted molar refractivity (Wildman–Crippen MR) is 71.2 cm³/mol. The van der Waals surface area contributed by atoms with Crippen molar-refractivity contribution in [1.29, 1.82) is 0 Å². The Hall–Kier alpha value is -0.490. The van der Waals surface area contributed by atoms with E-state index in [4.69, 9.17) is 10.5 Å². The molecule has 0 aliphatic carbocycles. The van der Waals surface area contributed by atoms with E-state index in [2.05, 4.69) is 46.5 Å². The molecule has 1 unspecified atom stereocenters. The van der Waals surface area contributed by atoms with E-state index in [1.807, 2.05) is 6.07 Å². The number of benzene rings is 1. The van der Waals surface area contributed by atoms with Gasteiger partial charge in [0.1, 0.15) is 0 Å². The molecular weight excluding hydrogens is 303 g/mol. The molecule has 4 heteroatoms. The van der Waals surface area contributed by atoms with Crippen LogP contribution in [0.25, 0.3) is 0 Å². The van der Waals surface area contributed by atoms with Crippen LogP contribution in [0.1, 0.15) is 6.92 Å². The SMILES string of the molecule is CC1COCCN1c1ccc(I)cc1N. The number of hydrogen-bond acceptors (Lipinski definition) is 3. The van der Waals surface area contributed by atoms with Crippen LogP contribution < -0.4 is 10.6 Å². The summed E-state index contributed by atoms with van der Waals surface area (Å²) in [7, 11) is 0. The minimum absolute atomic E-state index is 0.404. The molecular formula is C11H15IN2O. The van der Waals surface area contributed by atoms with Gasteiger partial charge in [-0.1, -0.05) is 0 Å². The molecule has 1 aliphatic heterocycles. The molecule has 1 atom stereocenters. The molecule has 0 aromatic heterocycles. The highest BCUT2D eigenvalue weighted by molar-refractivity contribution is 14.1. The average molecular weight is 318 g/mol. The lowest BCUT2D eigenvalue weighted by Crippen LogP contribution is -2.44. The molecule has 0 amide bonds. The van der Waals surface area contributed by atoms with E-state index in [0.717, 1.165) is 31.1 Å². The smallest absolute Gasteiger partial charge is 0.0668 e. The molecule has 3 nitrogen and oxygen atoms in total. The number of rotatable bonds is 1. The van der Waals surface area contributed by atoms with Gasteiger partial charge in [-0.3, -0.25) is 0 Å². The Balaban J connectivity index is 2.27. The van der Waals surface area contributed by atoms with Crippen LogP contribution in [0.15, 0.2) is 18.2 Å². The number of nitrogens with zero attached hydrogens (tertiary/aromatic N) is 1. The number of halogens is 1. The van der Waals surface area contributed by atoms with Crippen molar-refractivity contribution in [2.24, 2.45) is 0 Å². The van der Waals surface area contributed by atoms with Gasteiger partial charge < -0.3 is 15.4 Å². The van der Waals surface area contributed by atoms with Crippen LogP contribution in [0.2, 0.25) is 0 Å². The van der Waals surface area contributed by atoms with Crippen molar-refractivity contribution in [2.75, 3.05) is 30.4 Å². The Morgan fingerprint density at radius 3 is 3.00 bits per heavy atom. The van der Waals surface area contributed by atoms with E-state index in [1.54, 1.807) is 0 Å². The zero-order valence-corrected chi connectivity index (χ0v) is 10.9. The first kappa shape index (κ1) is 11.0. The van der Waals surface area contributed by atoms with Crippen molar-refractivity contribution < 1.29 is 4.74 Å². The fourth-order valence-corrected chi connectivity index (χ4v) is 2.39. The minimum Gasteiger partial charge on any atom is -0.397 e. The molecule has 2 N–H and O–H groups in total. The summed E-state index contributed by atoms with van der Waals surface area (Å²) in [6, 6.07) is 6.60. The summed E-state index contributed by atoms with van der Waals surface area (Å²) in [4.78, 5) is 2.31. The maximum atomic E-state index is 6.03. The van der Waals surface area contributed by atoms with Crippen molar-refractivity contribution in [1.82, 2.24) is 0 Å². The highest BCUT2D eigenvalue weighted by Gasteiger charge is 2.20. The monoisotopic (exact) mass is 318 g/mol. The second kappa shape index (κ2) is 4.57. The molecule has 1 aliphatic rings. The van der Waals surface area contributed by atoms with Crippen LogP contribution >= 0.6 is 22.6 Å². The highest BCUT2D eigenvalue weighted by Crippen LogP contribution is 2.27. The van der Waals surface area contributed by atoms with Crippen molar-refractivity contribution in [3.8, 4) is 0 Å². The van der Waals surface area contributed by atoms with E-state index in [-0.39, 0.29) is 0 Å². The summed E-state index contributed by atoms with van der Waals surface area (Å²) in [6.07, 6.45) is 0. The maximum absolute atomic E-state index is 6.03. The lowest BCUT2D eigenvalue weighted by Gasteiger charge is -2.35. The molecule has 0 bridgehead atoms. The van der Waals surface area contributed by atoms with Crippen molar-refractivity contribution in [3.63, 3.8) is 0 Å². The first-order chi connectivity index (χ1) is 7.18. The van der Waals surface area contributed by atoms with Gasteiger partial charge in [-0.25, -0.2) is 0 Å². The minimum atomic E-state index is 0.404. The average Bonchev–Trinajstić information content (AvgIpc) is 2.20. The lowest BCUT2D eigenvalue weighted by molar-refractivity contribution is 0.0990. The second-order valence-corrected chi connectivity index (χ2v) is 5.07. The number of nitrogens with two attached hydrogens (primary N) is 1. The number of morpholine rings is 1. The van der Waals surface area contributed by atoms with E-state index < -0.39 is 0 Å². The molecule has 1 saturated heterocycles. The zero-order chi connectivity index (χ0) is 10.8. The molecule has 15 heavy (non-hydrogen) atoms. The molecule has 0 radical (unpaired) electrons. The van der Waals surface area contributed by atoms with Crippen LogP contribution in [0.4, 0.5) is 11.4 Å². The van der Waals surface area contributed by atoms with Crippen LogP contribution in [0.5, 0.6) is 0 Å². The summed E-state index contributed by atoms with van der Waals surface area (Å²) in [5, 5.41) is 0. The van der Waals surface area contributed by atoms with Gasteiger partial charge in [-0.05, 0) is 47.7 Å². The standard InChI is InChI=1S/C11H15IN2O/c1-8-7-15-5-4-14(8)11-3-2-9(12)6-10(11)13/h2-3,6,8H,4-5,7,13H2,1H3. The van der Waals surface area contributed by atoms with Crippen molar-refractivity contribution in [2.45, 2.75) is 13.0 Å². The predicted octanol–water partition coefficient (Wildman–Crippen LogP) is 2.10. The third-order valence-electron chi connectivity index (χ3n) is 2.67. The van der Waals surface area contributed by atoms with Gasteiger partial charge in [0.2, 0.25) is 0 Å². The van der Waals surface area contributed by atoms with E-state index in [9.17, 15) is 0 Å². The number of nitrogen functional groups attached to an aromatic ring is 1. The summed E-state index contributed by atoms with van der Waals surface area (Å²) in [5.74, 6) is 0. The Morgan fingerprint density at radius 2 is 2.33 bits per heavy atom. The van der Waals surface area contributed by atoms with Gasteiger partial charge in [-0.2, -0.15) is 0 Å². The van der Waals surface area contributed by atoms with E-state index >= 15 is 0 Å². The largest absolute Gasteiger partial charge is 0.397 e. The third-order valence-corrected chi connectivity index (χ3v) is 3.34. The first-order valence-corrected chi connectivity index (χ1v) is 6.16. The van der Waals surface area contributed by atoms with E-state index in [1.165, 1.54) is 3.57 Å². The van der Waals surface area contributed by atoms with Crippen molar-refractivity contribution >= 4 is 34.0 Å². The second-order valence-electron chi connectivity index (χ2n) is 3.82. The third kappa shape index (κ3) is 2.36. The normalized spacial score (nSPS) is 21.7. The van der Waals surface area contributed by atoms with Gasteiger partial charge in [0.25, 0.3) is 0 Å². The number of anilines is 2. The van der Waals surface area contributed by atoms with Gasteiger partial charge in [-0.15, -0.1) is 0 Å². The number of hydrogen-bond donors (Lipinski definition) is 1. The summed E-state index contributed by atoms with van der Waals surface area (Å²) in [5.41, 5.74) is 8.02. The van der Waals surface area contributed by atoms with Crippen LogP contribution in [-0.4, -0.2) is 25.8 Å². The molecule has 0 spiro atoms. The van der Waals surface area contributed by atoms with Crippen molar-refractivity contribution in [3.05, 3.63) is 21.8 Å². The van der Waals surface area contributed by atoms with Gasteiger partial charge in [0.05, 0.1) is 24.6 Å². The van der Waals surface area contributed by atoms with Crippen LogP contribution in [0, 0.1) is 3.57 Å². The quantitative estimate of drug-likeness (QED) is 0.637. The fourth-order valence-electron chi connectivity index (χ4n) is 1.87. The first-order valence-electron chi connectivity index (χ1n) is 5.08. The summed E-state index contributed by atoms with van der Waals surface area (Å²) < 4.78 is 6.59. The maximum Gasteiger partial charge on any atom is 0.0668 e. The molecule has 2 rings (SSSR count). The topological polar surface area (TPSA) is 38.5 Å². The zero-order valence-electron chi connectivity index (χ0n) is 8.74. The molecule has 1 aromatic carbocycles. The Kier molecular flexibility index (Phi) is 3.35. The number of ether oxygens (including phenoxy) is 1. The van der Waals surface area contributed by atoms with Crippen LogP contribution in [-0.2, 0) is 4.74 Å². The Morgan fingerprint density at radius 1 is 1.53 bits per heavy atom. The van der Waals surface area contributed by atoms with Gasteiger partial charge >= 0.3 is 0 Å². The van der Waals surface area contributed by atoms with Gasteiger partial charge in [0.15, 0.2) is 0 Å². The lowest BCUT2D eigenvalue weighted by atomic mass is 10.2. The summed E-state index contributed by atoms with van der Waals surface area (Å²) >= 11 is 2.28. The molecule has 0 saturated carbocycles.